The average molecular weight is 258 g/mol. The Kier molecular flexibility index (Phi) is 3.13. The van der Waals surface area contributed by atoms with E-state index in [0.29, 0.717) is 5.82 Å². The van der Waals surface area contributed by atoms with Gasteiger partial charge < -0.3 is 15.4 Å². The summed E-state index contributed by atoms with van der Waals surface area (Å²) < 4.78 is 5.41. The van der Waals surface area contributed by atoms with E-state index in [2.05, 4.69) is 40.2 Å². The molecule has 3 N–H and O–H groups in total. The molecule has 3 rings (SSSR count). The lowest BCUT2D eigenvalue weighted by atomic mass is 10.0. The Labute approximate surface area is 112 Å². The van der Waals surface area contributed by atoms with Gasteiger partial charge >= 0.3 is 0 Å². The number of hydrogen-bond acceptors (Lipinski definition) is 4. The summed E-state index contributed by atoms with van der Waals surface area (Å²) in [6, 6.07) is 6.44. The van der Waals surface area contributed by atoms with Crippen molar-refractivity contribution in [1.29, 1.82) is 0 Å². The van der Waals surface area contributed by atoms with Crippen molar-refractivity contribution >= 4 is 11.5 Å². The summed E-state index contributed by atoms with van der Waals surface area (Å²) in [5, 5.41) is 6.82. The highest BCUT2D eigenvalue weighted by atomic mass is 16.5. The smallest absolute Gasteiger partial charge is 0.126 e. The number of nitrogens with zero attached hydrogens (tertiary/aromatic N) is 2. The van der Waals surface area contributed by atoms with E-state index in [4.69, 9.17) is 10.5 Å². The van der Waals surface area contributed by atoms with Crippen molar-refractivity contribution in [2.75, 3.05) is 36.9 Å². The van der Waals surface area contributed by atoms with E-state index in [1.54, 1.807) is 6.20 Å². The van der Waals surface area contributed by atoms with E-state index < -0.39 is 0 Å². The molecule has 0 unspecified atom stereocenters. The van der Waals surface area contributed by atoms with E-state index in [1.165, 1.54) is 11.3 Å². The minimum absolute atomic E-state index is 0.611. The van der Waals surface area contributed by atoms with Gasteiger partial charge in [0, 0.05) is 29.9 Å². The minimum atomic E-state index is 0.611. The molecule has 1 aromatic carbocycles. The molecule has 0 saturated carbocycles. The zero-order valence-corrected chi connectivity index (χ0v) is 11.0. The number of anilines is 2. The summed E-state index contributed by atoms with van der Waals surface area (Å²) in [5.74, 6) is 0.611. The summed E-state index contributed by atoms with van der Waals surface area (Å²) in [4.78, 5) is 2.34. The second-order valence-electron chi connectivity index (χ2n) is 4.82. The van der Waals surface area contributed by atoms with Crippen LogP contribution in [0.3, 0.4) is 0 Å². The monoisotopic (exact) mass is 258 g/mol. The topological polar surface area (TPSA) is 67.2 Å². The Balaban J connectivity index is 2.06. The van der Waals surface area contributed by atoms with Crippen LogP contribution in [0.2, 0.25) is 0 Å². The molecule has 0 bridgehead atoms. The van der Waals surface area contributed by atoms with Gasteiger partial charge in [-0.05, 0) is 19.1 Å². The first-order valence-electron chi connectivity index (χ1n) is 6.48. The standard InChI is InChI=1S/C14H18N4O/c1-10-2-3-13(18-4-6-19-7-5-18)11(8-10)12-9-16-17-14(12)15/h2-3,8-9H,4-7H2,1H3,(H3,15,16,17). The van der Waals surface area contributed by atoms with Gasteiger partial charge in [0.1, 0.15) is 5.82 Å². The molecule has 0 radical (unpaired) electrons. The van der Waals surface area contributed by atoms with Gasteiger partial charge in [0.05, 0.1) is 19.4 Å². The van der Waals surface area contributed by atoms with Crippen LogP contribution in [-0.4, -0.2) is 36.5 Å². The third-order valence-electron chi connectivity index (χ3n) is 3.46. The van der Waals surface area contributed by atoms with Crippen LogP contribution in [0, 0.1) is 6.92 Å². The fourth-order valence-corrected chi connectivity index (χ4v) is 2.46. The number of aromatic nitrogens is 2. The SMILES string of the molecule is Cc1ccc(N2CCOCC2)c(-c2cn[nH]c2N)c1. The summed E-state index contributed by atoms with van der Waals surface area (Å²) in [6.07, 6.45) is 1.79. The van der Waals surface area contributed by atoms with Gasteiger partial charge in [-0.1, -0.05) is 11.6 Å². The maximum atomic E-state index is 5.96. The third-order valence-corrected chi connectivity index (χ3v) is 3.46. The zero-order valence-electron chi connectivity index (χ0n) is 11.0. The van der Waals surface area contributed by atoms with E-state index in [1.807, 2.05) is 0 Å². The molecule has 5 nitrogen and oxygen atoms in total. The average Bonchev–Trinajstić information content (AvgIpc) is 2.86. The third kappa shape index (κ3) is 2.29. The number of aromatic amines is 1. The van der Waals surface area contributed by atoms with Crippen molar-refractivity contribution in [3.05, 3.63) is 30.0 Å². The molecule has 2 aromatic rings. The second kappa shape index (κ2) is 4.93. The van der Waals surface area contributed by atoms with Gasteiger partial charge in [0.25, 0.3) is 0 Å². The Bertz CT molecular complexity index is 573. The van der Waals surface area contributed by atoms with Crippen molar-refractivity contribution < 1.29 is 4.74 Å². The first-order valence-corrected chi connectivity index (χ1v) is 6.48. The maximum absolute atomic E-state index is 5.96. The predicted molar refractivity (Wildman–Crippen MR) is 76.2 cm³/mol. The van der Waals surface area contributed by atoms with E-state index >= 15 is 0 Å². The summed E-state index contributed by atoms with van der Waals surface area (Å²) in [5.41, 5.74) is 10.5. The first kappa shape index (κ1) is 12.0. The van der Waals surface area contributed by atoms with Crippen LogP contribution in [0.4, 0.5) is 11.5 Å². The van der Waals surface area contributed by atoms with Crippen molar-refractivity contribution in [3.8, 4) is 11.1 Å². The number of nitrogens with two attached hydrogens (primary N) is 1. The van der Waals surface area contributed by atoms with Crippen LogP contribution >= 0.6 is 0 Å². The van der Waals surface area contributed by atoms with E-state index in [0.717, 1.165) is 37.4 Å². The number of nitrogen functional groups attached to an aromatic ring is 1. The Morgan fingerprint density at radius 1 is 1.26 bits per heavy atom. The molecule has 5 heteroatoms. The zero-order chi connectivity index (χ0) is 13.2. The molecule has 1 aromatic heterocycles. The van der Waals surface area contributed by atoms with Gasteiger partial charge in [-0.3, -0.25) is 5.10 Å². The number of rotatable bonds is 2. The summed E-state index contributed by atoms with van der Waals surface area (Å²) in [7, 11) is 0. The van der Waals surface area contributed by atoms with Crippen LogP contribution in [-0.2, 0) is 4.74 Å². The van der Waals surface area contributed by atoms with E-state index in [9.17, 15) is 0 Å². The second-order valence-corrected chi connectivity index (χ2v) is 4.82. The maximum Gasteiger partial charge on any atom is 0.126 e. The first-order chi connectivity index (χ1) is 9.25. The van der Waals surface area contributed by atoms with Crippen LogP contribution in [0.25, 0.3) is 11.1 Å². The van der Waals surface area contributed by atoms with Crippen molar-refractivity contribution in [1.82, 2.24) is 10.2 Å². The van der Waals surface area contributed by atoms with Crippen LogP contribution < -0.4 is 10.6 Å². The highest BCUT2D eigenvalue weighted by Gasteiger charge is 2.17. The Morgan fingerprint density at radius 2 is 2.05 bits per heavy atom. The summed E-state index contributed by atoms with van der Waals surface area (Å²) >= 11 is 0. The lowest BCUT2D eigenvalue weighted by molar-refractivity contribution is 0.123. The normalized spacial score (nSPS) is 15.7. The van der Waals surface area contributed by atoms with Gasteiger partial charge in [0.15, 0.2) is 0 Å². The number of nitrogens with one attached hydrogen (secondary N) is 1. The Morgan fingerprint density at radius 3 is 2.74 bits per heavy atom. The number of aryl methyl sites for hydroxylation is 1. The van der Waals surface area contributed by atoms with Crippen LogP contribution in [0.5, 0.6) is 0 Å². The highest BCUT2D eigenvalue weighted by Crippen LogP contribution is 2.34. The summed E-state index contributed by atoms with van der Waals surface area (Å²) in [6.45, 7) is 5.45. The van der Waals surface area contributed by atoms with Gasteiger partial charge in [0.2, 0.25) is 0 Å². The quantitative estimate of drug-likeness (QED) is 0.862. The van der Waals surface area contributed by atoms with E-state index in [-0.39, 0.29) is 0 Å². The molecule has 1 aliphatic heterocycles. The molecule has 1 fully saturated rings. The van der Waals surface area contributed by atoms with Crippen molar-refractivity contribution in [2.24, 2.45) is 0 Å². The number of benzene rings is 1. The molecule has 1 aliphatic rings. The molecule has 0 aliphatic carbocycles. The molecule has 0 atom stereocenters. The number of H-pyrrole nitrogens is 1. The molecule has 100 valence electrons. The lowest BCUT2D eigenvalue weighted by Crippen LogP contribution is -2.36. The minimum Gasteiger partial charge on any atom is -0.384 e. The molecule has 19 heavy (non-hydrogen) atoms. The molecule has 1 saturated heterocycles. The van der Waals surface area contributed by atoms with Gasteiger partial charge in [-0.2, -0.15) is 5.10 Å². The van der Waals surface area contributed by atoms with Gasteiger partial charge in [-0.25, -0.2) is 0 Å². The predicted octanol–water partition coefficient (Wildman–Crippen LogP) is 1.80. The fourth-order valence-electron chi connectivity index (χ4n) is 2.46. The molecule has 0 amide bonds. The van der Waals surface area contributed by atoms with Crippen molar-refractivity contribution in [2.45, 2.75) is 6.92 Å². The molecular weight excluding hydrogens is 240 g/mol. The molecular formula is C14H18N4O. The van der Waals surface area contributed by atoms with Crippen LogP contribution in [0.1, 0.15) is 5.56 Å². The van der Waals surface area contributed by atoms with Crippen LogP contribution in [0.15, 0.2) is 24.4 Å². The Hall–Kier alpha value is -2.01. The number of ether oxygens (including phenoxy) is 1. The van der Waals surface area contributed by atoms with Gasteiger partial charge in [-0.15, -0.1) is 0 Å². The fraction of sp³-hybridized carbons (Fsp3) is 0.357. The lowest BCUT2D eigenvalue weighted by Gasteiger charge is -2.30. The largest absolute Gasteiger partial charge is 0.384 e. The number of hydrogen-bond donors (Lipinski definition) is 2. The molecule has 2 heterocycles. The molecule has 0 spiro atoms. The number of morpholine rings is 1. The van der Waals surface area contributed by atoms with Crippen molar-refractivity contribution in [3.63, 3.8) is 0 Å². The highest BCUT2D eigenvalue weighted by molar-refractivity contribution is 5.84.